The van der Waals surface area contributed by atoms with E-state index >= 15 is 0 Å². The van der Waals surface area contributed by atoms with Crippen molar-refractivity contribution in [2.45, 2.75) is 12.2 Å². The van der Waals surface area contributed by atoms with Crippen molar-refractivity contribution in [2.75, 3.05) is 0 Å². The van der Waals surface area contributed by atoms with Crippen LogP contribution in [0, 0.1) is 0 Å². The van der Waals surface area contributed by atoms with E-state index in [0.717, 1.165) is 5.03 Å². The molecule has 2 aliphatic rings. The number of halogens is 1. The van der Waals surface area contributed by atoms with Crippen LogP contribution in [0.2, 0.25) is 0 Å². The summed E-state index contributed by atoms with van der Waals surface area (Å²) in [5.41, 5.74) is 0. The molecule has 42 valence electrons. The van der Waals surface area contributed by atoms with Gasteiger partial charge >= 0.3 is 0 Å². The van der Waals surface area contributed by atoms with Crippen molar-refractivity contribution in [3.05, 3.63) is 23.3 Å². The number of fused-ring (bicyclic) bond motifs is 1. The van der Waals surface area contributed by atoms with E-state index in [-0.39, 0.29) is 0 Å². The fourth-order valence-corrected chi connectivity index (χ4v) is 1.02. The van der Waals surface area contributed by atoms with Crippen molar-refractivity contribution >= 4 is 11.6 Å². The molecule has 2 heteroatoms. The van der Waals surface area contributed by atoms with E-state index in [2.05, 4.69) is 0 Å². The van der Waals surface area contributed by atoms with Crippen LogP contribution in [-0.2, 0) is 4.74 Å². The molecular formula is C6H5ClO. The van der Waals surface area contributed by atoms with Gasteiger partial charge in [-0.25, -0.2) is 0 Å². The van der Waals surface area contributed by atoms with E-state index in [0.29, 0.717) is 12.2 Å². The number of hydrogen-bond acceptors (Lipinski definition) is 1. The SMILES string of the molecule is ClC1=CC2O[C@@H]2C=C1. The average Bonchev–Trinajstić information content (AvgIpc) is 2.43. The van der Waals surface area contributed by atoms with Gasteiger partial charge < -0.3 is 4.74 Å². The Bertz CT molecular complexity index is 171. The summed E-state index contributed by atoms with van der Waals surface area (Å²) in [6.07, 6.45) is 6.42. The summed E-state index contributed by atoms with van der Waals surface area (Å²) in [5.74, 6) is 0. The van der Waals surface area contributed by atoms with Crippen molar-refractivity contribution in [3.8, 4) is 0 Å². The molecule has 0 aromatic heterocycles. The molecule has 0 saturated carbocycles. The number of ether oxygens (including phenoxy) is 1. The van der Waals surface area contributed by atoms with Gasteiger partial charge in [0.1, 0.15) is 12.2 Å². The number of epoxide rings is 1. The van der Waals surface area contributed by atoms with Gasteiger partial charge in [0, 0.05) is 5.03 Å². The highest BCUT2D eigenvalue weighted by molar-refractivity contribution is 6.31. The second-order valence-corrected chi connectivity index (χ2v) is 2.41. The van der Waals surface area contributed by atoms with Crippen LogP contribution in [0.1, 0.15) is 0 Å². The van der Waals surface area contributed by atoms with Crippen molar-refractivity contribution in [2.24, 2.45) is 0 Å². The fraction of sp³-hybridized carbons (Fsp3) is 0.333. The fourth-order valence-electron chi connectivity index (χ4n) is 0.824. The minimum atomic E-state index is 0.299. The second kappa shape index (κ2) is 1.36. The van der Waals surface area contributed by atoms with Gasteiger partial charge in [-0.1, -0.05) is 17.7 Å². The van der Waals surface area contributed by atoms with E-state index in [1.807, 2.05) is 18.2 Å². The maximum atomic E-state index is 5.63. The van der Waals surface area contributed by atoms with Gasteiger partial charge in [-0.2, -0.15) is 0 Å². The standard InChI is InChI=1S/C6H5ClO/c7-4-1-2-5-6(3-4)8-5/h1-3,5-6H/t5-,6?/m1/s1. The van der Waals surface area contributed by atoms with Crippen molar-refractivity contribution in [1.29, 1.82) is 0 Å². The Morgan fingerprint density at radius 2 is 2.38 bits per heavy atom. The minimum absolute atomic E-state index is 0.299. The van der Waals surface area contributed by atoms with Gasteiger partial charge in [0.15, 0.2) is 0 Å². The van der Waals surface area contributed by atoms with Crippen LogP contribution in [0.3, 0.4) is 0 Å². The Labute approximate surface area is 52.6 Å². The summed E-state index contributed by atoms with van der Waals surface area (Å²) in [6, 6.07) is 0. The first-order valence-corrected chi connectivity index (χ1v) is 2.95. The Hall–Kier alpha value is -0.270. The molecule has 1 aliphatic heterocycles. The molecule has 1 aliphatic carbocycles. The molecule has 1 saturated heterocycles. The summed E-state index contributed by atoms with van der Waals surface area (Å²) in [5, 5.41) is 0.795. The van der Waals surface area contributed by atoms with E-state index < -0.39 is 0 Å². The minimum Gasteiger partial charge on any atom is -0.361 e. The molecule has 1 unspecified atom stereocenters. The van der Waals surface area contributed by atoms with Crippen LogP contribution >= 0.6 is 11.6 Å². The third-order valence-electron chi connectivity index (χ3n) is 1.33. The maximum Gasteiger partial charge on any atom is 0.108 e. The smallest absolute Gasteiger partial charge is 0.108 e. The second-order valence-electron chi connectivity index (χ2n) is 1.98. The van der Waals surface area contributed by atoms with Gasteiger partial charge in [0.2, 0.25) is 0 Å². The van der Waals surface area contributed by atoms with Crippen LogP contribution in [-0.4, -0.2) is 12.2 Å². The molecule has 0 amide bonds. The first kappa shape index (κ1) is 4.59. The van der Waals surface area contributed by atoms with Crippen LogP contribution in [0.25, 0.3) is 0 Å². The molecule has 0 radical (unpaired) electrons. The maximum absolute atomic E-state index is 5.63. The first-order valence-electron chi connectivity index (χ1n) is 2.57. The molecule has 1 fully saturated rings. The molecule has 2 atom stereocenters. The lowest BCUT2D eigenvalue weighted by Crippen LogP contribution is -1.89. The molecule has 0 bridgehead atoms. The monoisotopic (exact) mass is 128 g/mol. The number of rotatable bonds is 0. The van der Waals surface area contributed by atoms with E-state index in [9.17, 15) is 0 Å². The molecule has 0 spiro atoms. The highest BCUT2D eigenvalue weighted by Gasteiger charge is 2.36. The van der Waals surface area contributed by atoms with Gasteiger partial charge in [0.05, 0.1) is 0 Å². The van der Waals surface area contributed by atoms with Crippen LogP contribution < -0.4 is 0 Å². The molecule has 8 heavy (non-hydrogen) atoms. The lowest BCUT2D eigenvalue weighted by atomic mass is 10.2. The van der Waals surface area contributed by atoms with Gasteiger partial charge in [-0.05, 0) is 12.2 Å². The molecule has 0 aromatic carbocycles. The number of allylic oxidation sites excluding steroid dienone is 2. The predicted molar refractivity (Wildman–Crippen MR) is 31.7 cm³/mol. The topological polar surface area (TPSA) is 12.5 Å². The van der Waals surface area contributed by atoms with Crippen LogP contribution in [0.15, 0.2) is 23.3 Å². The van der Waals surface area contributed by atoms with Crippen LogP contribution in [0.5, 0.6) is 0 Å². The predicted octanol–water partition coefficient (Wildman–Crippen LogP) is 1.45. The first-order chi connectivity index (χ1) is 3.86. The molecule has 2 rings (SSSR count). The van der Waals surface area contributed by atoms with Crippen molar-refractivity contribution in [1.82, 2.24) is 0 Å². The summed E-state index contributed by atoms with van der Waals surface area (Å²) in [6.45, 7) is 0. The Balaban J connectivity index is 2.28. The molecule has 0 N–H and O–H groups in total. The Morgan fingerprint density at radius 3 is 3.00 bits per heavy atom. The van der Waals surface area contributed by atoms with E-state index in [4.69, 9.17) is 16.3 Å². The summed E-state index contributed by atoms with van der Waals surface area (Å²) in [4.78, 5) is 0. The third kappa shape index (κ3) is 0.591. The lowest BCUT2D eigenvalue weighted by molar-refractivity contribution is 0.414. The molecular weight excluding hydrogens is 124 g/mol. The zero-order chi connectivity index (χ0) is 5.56. The van der Waals surface area contributed by atoms with Crippen LogP contribution in [0.4, 0.5) is 0 Å². The van der Waals surface area contributed by atoms with Crippen molar-refractivity contribution < 1.29 is 4.74 Å². The highest BCUT2D eigenvalue weighted by Crippen LogP contribution is 2.30. The van der Waals surface area contributed by atoms with E-state index in [1.54, 1.807) is 0 Å². The Kier molecular flexibility index (Phi) is 0.783. The summed E-state index contributed by atoms with van der Waals surface area (Å²) < 4.78 is 5.10. The zero-order valence-electron chi connectivity index (χ0n) is 4.17. The quantitative estimate of drug-likeness (QED) is 0.450. The summed E-state index contributed by atoms with van der Waals surface area (Å²) in [7, 11) is 0. The average molecular weight is 129 g/mol. The van der Waals surface area contributed by atoms with Crippen molar-refractivity contribution in [3.63, 3.8) is 0 Å². The van der Waals surface area contributed by atoms with Gasteiger partial charge in [-0.15, -0.1) is 0 Å². The zero-order valence-corrected chi connectivity index (χ0v) is 4.93. The molecule has 1 heterocycles. The van der Waals surface area contributed by atoms with Gasteiger partial charge in [0.25, 0.3) is 0 Å². The number of hydrogen-bond donors (Lipinski definition) is 0. The highest BCUT2D eigenvalue weighted by atomic mass is 35.5. The van der Waals surface area contributed by atoms with E-state index in [1.165, 1.54) is 0 Å². The normalized spacial score (nSPS) is 40.9. The largest absolute Gasteiger partial charge is 0.361 e. The molecule has 0 aromatic rings. The molecule has 1 nitrogen and oxygen atoms in total. The lowest BCUT2D eigenvalue weighted by Gasteiger charge is -1.89. The third-order valence-corrected chi connectivity index (χ3v) is 1.58. The van der Waals surface area contributed by atoms with Gasteiger partial charge in [-0.3, -0.25) is 0 Å². The Morgan fingerprint density at radius 1 is 1.50 bits per heavy atom. The summed E-state index contributed by atoms with van der Waals surface area (Å²) >= 11 is 5.63.